The molecule has 0 aliphatic heterocycles. The van der Waals surface area contributed by atoms with Crippen LogP contribution in [0.2, 0.25) is 0 Å². The summed E-state index contributed by atoms with van der Waals surface area (Å²) in [5.41, 5.74) is 1.72. The van der Waals surface area contributed by atoms with Crippen molar-refractivity contribution in [3.05, 3.63) is 30.1 Å². The maximum absolute atomic E-state index is 11.7. The number of amides is 1. The molecule has 6 heteroatoms. The van der Waals surface area contributed by atoms with E-state index in [1.165, 1.54) is 0 Å². The highest BCUT2D eigenvalue weighted by Crippen LogP contribution is 2.16. The van der Waals surface area contributed by atoms with E-state index in [9.17, 15) is 9.59 Å². The number of aliphatic carboxylic acids is 1. The molecule has 100 valence electrons. The van der Waals surface area contributed by atoms with Crippen LogP contribution in [0.1, 0.15) is 12.7 Å². The topological polar surface area (TPSA) is 84.2 Å². The third kappa shape index (κ3) is 2.90. The molecule has 0 atom stereocenters. The number of hydrogen-bond acceptors (Lipinski definition) is 3. The second-order valence-corrected chi connectivity index (χ2v) is 4.13. The minimum absolute atomic E-state index is 0.0803. The van der Waals surface area contributed by atoms with Crippen LogP contribution in [0.15, 0.2) is 24.3 Å². The number of aryl methyl sites for hydroxylation is 1. The van der Waals surface area contributed by atoms with Crippen LogP contribution in [0.4, 0.5) is 0 Å². The van der Waals surface area contributed by atoms with Crippen LogP contribution in [-0.2, 0) is 22.6 Å². The minimum atomic E-state index is -1.06. The third-order valence-electron chi connectivity index (χ3n) is 2.79. The summed E-state index contributed by atoms with van der Waals surface area (Å²) in [5, 5.41) is 10.9. The largest absolute Gasteiger partial charge is 0.480 e. The first kappa shape index (κ1) is 13.1. The number of nitrogens with zero attached hydrogens (tertiary/aromatic N) is 2. The Bertz CT molecular complexity index is 619. The molecular formula is C13H15N3O3. The summed E-state index contributed by atoms with van der Waals surface area (Å²) in [6.45, 7) is 1.68. The smallest absolute Gasteiger partial charge is 0.322 e. The highest BCUT2D eigenvalue weighted by Gasteiger charge is 2.12. The van der Waals surface area contributed by atoms with Crippen LogP contribution in [0.25, 0.3) is 11.0 Å². The number of benzene rings is 1. The number of hydrogen-bond donors (Lipinski definition) is 2. The van der Waals surface area contributed by atoms with Crippen molar-refractivity contribution in [3.8, 4) is 0 Å². The summed E-state index contributed by atoms with van der Waals surface area (Å²) in [4.78, 5) is 26.6. The van der Waals surface area contributed by atoms with Crippen molar-refractivity contribution in [2.24, 2.45) is 0 Å². The molecule has 0 radical (unpaired) electrons. The van der Waals surface area contributed by atoms with E-state index >= 15 is 0 Å². The van der Waals surface area contributed by atoms with Gasteiger partial charge in [-0.15, -0.1) is 0 Å². The van der Waals surface area contributed by atoms with Gasteiger partial charge in [-0.3, -0.25) is 9.59 Å². The first-order valence-electron chi connectivity index (χ1n) is 6.04. The lowest BCUT2D eigenvalue weighted by atomic mass is 10.3. The zero-order chi connectivity index (χ0) is 13.8. The molecule has 0 fully saturated rings. The number of carboxylic acid groups (broad SMARTS) is 1. The number of rotatable bonds is 5. The first-order valence-corrected chi connectivity index (χ1v) is 6.04. The summed E-state index contributed by atoms with van der Waals surface area (Å²) >= 11 is 0. The van der Waals surface area contributed by atoms with Crippen LogP contribution < -0.4 is 5.32 Å². The predicted octanol–water partition coefficient (Wildman–Crippen LogP) is 0.799. The molecule has 2 rings (SSSR count). The lowest BCUT2D eigenvalue weighted by Crippen LogP contribution is -2.32. The zero-order valence-electron chi connectivity index (χ0n) is 10.6. The summed E-state index contributed by atoms with van der Waals surface area (Å²) in [6, 6.07) is 7.56. The highest BCUT2D eigenvalue weighted by atomic mass is 16.4. The number of imidazole rings is 1. The SMILES string of the molecule is CCc1nc2ccccc2n1CC(=O)NCC(=O)O. The second-order valence-electron chi connectivity index (χ2n) is 4.13. The van der Waals surface area contributed by atoms with Crippen molar-refractivity contribution in [2.45, 2.75) is 19.9 Å². The Morgan fingerprint density at radius 1 is 1.37 bits per heavy atom. The molecule has 0 spiro atoms. The first-order chi connectivity index (χ1) is 9.11. The van der Waals surface area contributed by atoms with E-state index in [0.29, 0.717) is 6.42 Å². The van der Waals surface area contributed by atoms with E-state index in [0.717, 1.165) is 16.9 Å². The van der Waals surface area contributed by atoms with Crippen molar-refractivity contribution in [1.29, 1.82) is 0 Å². The predicted molar refractivity (Wildman–Crippen MR) is 69.8 cm³/mol. The highest BCUT2D eigenvalue weighted by molar-refractivity contribution is 5.83. The molecule has 0 bridgehead atoms. The van der Waals surface area contributed by atoms with Crippen molar-refractivity contribution >= 4 is 22.9 Å². The molecule has 2 aromatic rings. The molecule has 1 aromatic carbocycles. The maximum Gasteiger partial charge on any atom is 0.322 e. The molecule has 0 unspecified atom stereocenters. The molecule has 0 saturated heterocycles. The van der Waals surface area contributed by atoms with Crippen LogP contribution in [0, 0.1) is 0 Å². The van der Waals surface area contributed by atoms with Gasteiger partial charge in [0.1, 0.15) is 18.9 Å². The van der Waals surface area contributed by atoms with Gasteiger partial charge in [0.05, 0.1) is 11.0 Å². The fraction of sp³-hybridized carbons (Fsp3) is 0.308. The van der Waals surface area contributed by atoms with Crippen molar-refractivity contribution in [2.75, 3.05) is 6.54 Å². The van der Waals surface area contributed by atoms with Crippen LogP contribution in [0.3, 0.4) is 0 Å². The molecule has 6 nitrogen and oxygen atoms in total. The summed E-state index contributed by atoms with van der Waals surface area (Å²) < 4.78 is 1.81. The average Bonchev–Trinajstić information content (AvgIpc) is 2.75. The van der Waals surface area contributed by atoms with E-state index < -0.39 is 5.97 Å². The van der Waals surface area contributed by atoms with Crippen LogP contribution in [0.5, 0.6) is 0 Å². The van der Waals surface area contributed by atoms with Gasteiger partial charge in [-0.05, 0) is 12.1 Å². The molecule has 0 aliphatic carbocycles. The van der Waals surface area contributed by atoms with E-state index in [4.69, 9.17) is 5.11 Å². The Hall–Kier alpha value is -2.37. The Kier molecular flexibility index (Phi) is 3.79. The summed E-state index contributed by atoms with van der Waals surface area (Å²) in [5.74, 6) is -0.577. The van der Waals surface area contributed by atoms with Crippen LogP contribution >= 0.6 is 0 Å². The summed E-state index contributed by atoms with van der Waals surface area (Å²) in [6.07, 6.45) is 0.709. The van der Waals surface area contributed by atoms with Gasteiger partial charge in [-0.1, -0.05) is 19.1 Å². The molecule has 1 aromatic heterocycles. The summed E-state index contributed by atoms with van der Waals surface area (Å²) in [7, 11) is 0. The van der Waals surface area contributed by atoms with Crippen molar-refractivity contribution in [1.82, 2.24) is 14.9 Å². The number of carbonyl (C=O) groups is 2. The van der Waals surface area contributed by atoms with Crippen LogP contribution in [-0.4, -0.2) is 33.1 Å². The Morgan fingerprint density at radius 2 is 2.11 bits per heavy atom. The molecule has 0 saturated carbocycles. The quantitative estimate of drug-likeness (QED) is 0.833. The van der Waals surface area contributed by atoms with E-state index in [1.54, 1.807) is 0 Å². The average molecular weight is 261 g/mol. The monoisotopic (exact) mass is 261 g/mol. The number of aromatic nitrogens is 2. The number of nitrogens with one attached hydrogen (secondary N) is 1. The van der Waals surface area contributed by atoms with Gasteiger partial charge in [0, 0.05) is 6.42 Å². The van der Waals surface area contributed by atoms with Gasteiger partial charge in [0.25, 0.3) is 0 Å². The maximum atomic E-state index is 11.7. The van der Waals surface area contributed by atoms with Gasteiger partial charge in [0.2, 0.25) is 5.91 Å². The molecule has 2 N–H and O–H groups in total. The van der Waals surface area contributed by atoms with Gasteiger partial charge in [0.15, 0.2) is 0 Å². The third-order valence-corrected chi connectivity index (χ3v) is 2.79. The van der Waals surface area contributed by atoms with Gasteiger partial charge >= 0.3 is 5.97 Å². The van der Waals surface area contributed by atoms with Gasteiger partial charge in [-0.25, -0.2) is 4.98 Å². The standard InChI is InChI=1S/C13H15N3O3/c1-2-11-15-9-5-3-4-6-10(9)16(11)8-12(17)14-7-13(18)19/h3-6H,2,7-8H2,1H3,(H,14,17)(H,18,19). The molecule has 19 heavy (non-hydrogen) atoms. The molecule has 0 aliphatic rings. The van der Waals surface area contributed by atoms with E-state index in [-0.39, 0.29) is 19.0 Å². The lowest BCUT2D eigenvalue weighted by Gasteiger charge is -2.07. The normalized spacial score (nSPS) is 10.6. The molecule has 1 amide bonds. The Morgan fingerprint density at radius 3 is 2.79 bits per heavy atom. The number of para-hydroxylation sites is 2. The zero-order valence-corrected chi connectivity index (χ0v) is 10.6. The van der Waals surface area contributed by atoms with Gasteiger partial charge < -0.3 is 15.0 Å². The van der Waals surface area contributed by atoms with Crippen molar-refractivity contribution in [3.63, 3.8) is 0 Å². The minimum Gasteiger partial charge on any atom is -0.480 e. The Balaban J connectivity index is 2.23. The number of fused-ring (bicyclic) bond motifs is 1. The number of carbonyl (C=O) groups excluding carboxylic acids is 1. The van der Waals surface area contributed by atoms with Gasteiger partial charge in [-0.2, -0.15) is 0 Å². The lowest BCUT2D eigenvalue weighted by molar-refractivity contribution is -0.138. The second kappa shape index (κ2) is 5.51. The fourth-order valence-corrected chi connectivity index (χ4v) is 1.95. The van der Waals surface area contributed by atoms with E-state index in [1.807, 2.05) is 35.8 Å². The number of carboxylic acids is 1. The van der Waals surface area contributed by atoms with Crippen molar-refractivity contribution < 1.29 is 14.7 Å². The molecule has 1 heterocycles. The fourth-order valence-electron chi connectivity index (χ4n) is 1.95. The van der Waals surface area contributed by atoms with E-state index in [2.05, 4.69) is 10.3 Å². The molecular weight excluding hydrogens is 246 g/mol. The Labute approximate surface area is 110 Å².